The lowest BCUT2D eigenvalue weighted by molar-refractivity contribution is -0.384. The molecule has 0 spiro atoms. The highest BCUT2D eigenvalue weighted by Gasteiger charge is 2.17. The number of rotatable bonds is 6. The van der Waals surface area contributed by atoms with Crippen molar-refractivity contribution in [1.29, 1.82) is 0 Å². The number of carboxylic acids is 1. The average Bonchev–Trinajstić information content (AvgIpc) is 2.38. The van der Waals surface area contributed by atoms with Gasteiger partial charge >= 0.3 is 5.97 Å². The molecule has 0 atom stereocenters. The summed E-state index contributed by atoms with van der Waals surface area (Å²) >= 11 is 0. The molecular weight excluding hydrogens is 256 g/mol. The van der Waals surface area contributed by atoms with Gasteiger partial charge in [-0.05, 0) is 12.5 Å². The Morgan fingerprint density at radius 1 is 1.26 bits per heavy atom. The van der Waals surface area contributed by atoms with Crippen LogP contribution in [-0.2, 0) is 0 Å². The number of carbonyl (C=O) groups excluding carboxylic acids is 1. The van der Waals surface area contributed by atoms with Crippen molar-refractivity contribution in [3.05, 3.63) is 39.4 Å². The predicted molar refractivity (Wildman–Crippen MR) is 64.1 cm³/mol. The Bertz CT molecular complexity index is 482. The van der Waals surface area contributed by atoms with Gasteiger partial charge in [-0.2, -0.15) is 0 Å². The molecule has 0 radical (unpaired) electrons. The van der Waals surface area contributed by atoms with Crippen LogP contribution < -0.4 is 5.32 Å². The first-order valence-corrected chi connectivity index (χ1v) is 5.37. The summed E-state index contributed by atoms with van der Waals surface area (Å²) in [5.41, 5.74) is -0.904. The highest BCUT2D eigenvalue weighted by molar-refractivity contribution is 5.98. The third-order valence-corrected chi connectivity index (χ3v) is 2.26. The summed E-state index contributed by atoms with van der Waals surface area (Å²) in [6.45, 7) is 0.0933. The summed E-state index contributed by atoms with van der Waals surface area (Å²) in [6, 6.07) is 2.94. The van der Waals surface area contributed by atoms with Crippen LogP contribution in [0.5, 0.6) is 0 Å². The van der Waals surface area contributed by atoms with E-state index in [4.69, 9.17) is 10.2 Å². The smallest absolute Gasteiger partial charge is 0.335 e. The van der Waals surface area contributed by atoms with Crippen molar-refractivity contribution in [2.45, 2.75) is 6.42 Å². The molecule has 0 bridgehead atoms. The van der Waals surface area contributed by atoms with Crippen LogP contribution in [0.2, 0.25) is 0 Å². The minimum Gasteiger partial charge on any atom is -0.478 e. The maximum atomic E-state index is 11.7. The monoisotopic (exact) mass is 268 g/mol. The van der Waals surface area contributed by atoms with Crippen LogP contribution in [-0.4, -0.2) is 40.2 Å². The third kappa shape index (κ3) is 4.03. The first kappa shape index (κ1) is 14.6. The molecule has 0 saturated carbocycles. The quantitative estimate of drug-likeness (QED) is 0.389. The Kier molecular flexibility index (Phi) is 4.95. The lowest BCUT2D eigenvalue weighted by atomic mass is 10.1. The summed E-state index contributed by atoms with van der Waals surface area (Å²) < 4.78 is 0. The van der Waals surface area contributed by atoms with Crippen molar-refractivity contribution < 1.29 is 24.7 Å². The standard InChI is InChI=1S/C11H12N2O6/c14-3-1-2-12-10(15)7-4-8(11(16)17)6-9(5-7)13(18)19/h4-6,14H,1-3H2,(H,12,15)(H,16,17). The second-order valence-electron chi connectivity index (χ2n) is 3.66. The molecule has 0 fully saturated rings. The van der Waals surface area contributed by atoms with E-state index in [-0.39, 0.29) is 24.3 Å². The molecule has 19 heavy (non-hydrogen) atoms. The number of nitro benzene ring substituents is 1. The van der Waals surface area contributed by atoms with Crippen LogP contribution in [0.1, 0.15) is 27.1 Å². The van der Waals surface area contributed by atoms with E-state index < -0.39 is 22.5 Å². The van der Waals surface area contributed by atoms with Crippen molar-refractivity contribution in [1.82, 2.24) is 5.32 Å². The fourth-order valence-corrected chi connectivity index (χ4v) is 1.35. The fraction of sp³-hybridized carbons (Fsp3) is 0.273. The van der Waals surface area contributed by atoms with E-state index >= 15 is 0 Å². The van der Waals surface area contributed by atoms with Gasteiger partial charge in [-0.25, -0.2) is 4.79 Å². The number of aromatic carboxylic acids is 1. The maximum absolute atomic E-state index is 11.7. The lowest BCUT2D eigenvalue weighted by Crippen LogP contribution is -2.25. The Balaban J connectivity index is 3.02. The van der Waals surface area contributed by atoms with E-state index in [1.54, 1.807) is 0 Å². The molecule has 1 aromatic carbocycles. The summed E-state index contributed by atoms with van der Waals surface area (Å²) in [7, 11) is 0. The summed E-state index contributed by atoms with van der Waals surface area (Å²) in [5.74, 6) is -1.98. The fourth-order valence-electron chi connectivity index (χ4n) is 1.35. The number of nitro groups is 1. The normalized spacial score (nSPS) is 9.95. The first-order valence-electron chi connectivity index (χ1n) is 5.37. The molecule has 3 N–H and O–H groups in total. The number of aliphatic hydroxyl groups is 1. The van der Waals surface area contributed by atoms with E-state index in [9.17, 15) is 19.7 Å². The van der Waals surface area contributed by atoms with E-state index in [1.165, 1.54) is 0 Å². The van der Waals surface area contributed by atoms with Gasteiger partial charge in [0.1, 0.15) is 0 Å². The average molecular weight is 268 g/mol. The van der Waals surface area contributed by atoms with Gasteiger partial charge in [0, 0.05) is 30.8 Å². The number of nitrogens with zero attached hydrogens (tertiary/aromatic N) is 1. The van der Waals surface area contributed by atoms with Crippen molar-refractivity contribution in [2.75, 3.05) is 13.2 Å². The van der Waals surface area contributed by atoms with E-state index in [1.807, 2.05) is 0 Å². The van der Waals surface area contributed by atoms with Crippen molar-refractivity contribution >= 4 is 17.6 Å². The number of nitrogens with one attached hydrogen (secondary N) is 1. The van der Waals surface area contributed by atoms with Gasteiger partial charge in [0.2, 0.25) is 0 Å². The molecule has 102 valence electrons. The van der Waals surface area contributed by atoms with Crippen LogP contribution in [0.3, 0.4) is 0 Å². The number of carbonyl (C=O) groups is 2. The Labute approximate surface area is 107 Å². The largest absolute Gasteiger partial charge is 0.478 e. The Hall–Kier alpha value is -2.48. The maximum Gasteiger partial charge on any atom is 0.335 e. The molecule has 0 saturated heterocycles. The third-order valence-electron chi connectivity index (χ3n) is 2.26. The van der Waals surface area contributed by atoms with Crippen molar-refractivity contribution in [3.8, 4) is 0 Å². The second kappa shape index (κ2) is 6.45. The molecule has 0 heterocycles. The SMILES string of the molecule is O=C(O)c1cc(C(=O)NCCCO)cc([N+](=O)[O-])c1. The van der Waals surface area contributed by atoms with Crippen LogP contribution in [0.15, 0.2) is 18.2 Å². The first-order chi connectivity index (χ1) is 8.95. The molecule has 0 aliphatic heterocycles. The number of benzene rings is 1. The Morgan fingerprint density at radius 2 is 1.89 bits per heavy atom. The van der Waals surface area contributed by atoms with E-state index in [0.717, 1.165) is 18.2 Å². The van der Waals surface area contributed by atoms with Crippen LogP contribution >= 0.6 is 0 Å². The van der Waals surface area contributed by atoms with Gasteiger partial charge in [-0.3, -0.25) is 14.9 Å². The summed E-state index contributed by atoms with van der Waals surface area (Å²) in [5, 5.41) is 30.5. The highest BCUT2D eigenvalue weighted by Crippen LogP contribution is 2.17. The number of carboxylic acid groups (broad SMARTS) is 1. The molecule has 0 aliphatic rings. The predicted octanol–water partition coefficient (Wildman–Crippen LogP) is 0.405. The number of non-ortho nitro benzene ring substituents is 1. The lowest BCUT2D eigenvalue weighted by Gasteiger charge is -2.05. The van der Waals surface area contributed by atoms with Gasteiger partial charge in [-0.15, -0.1) is 0 Å². The number of aliphatic hydroxyl groups excluding tert-OH is 1. The van der Waals surface area contributed by atoms with Gasteiger partial charge in [0.05, 0.1) is 10.5 Å². The second-order valence-corrected chi connectivity index (χ2v) is 3.66. The molecule has 0 aliphatic carbocycles. The summed E-state index contributed by atoms with van der Waals surface area (Å²) in [6.07, 6.45) is 0.340. The molecular formula is C11H12N2O6. The molecule has 0 unspecified atom stereocenters. The van der Waals surface area contributed by atoms with Gasteiger partial charge < -0.3 is 15.5 Å². The van der Waals surface area contributed by atoms with Gasteiger partial charge in [0.15, 0.2) is 0 Å². The molecule has 8 heteroatoms. The molecule has 0 aromatic heterocycles. The van der Waals surface area contributed by atoms with E-state index in [2.05, 4.69) is 5.32 Å². The van der Waals surface area contributed by atoms with E-state index in [0.29, 0.717) is 6.42 Å². The molecule has 1 aromatic rings. The minimum atomic E-state index is -1.35. The zero-order valence-corrected chi connectivity index (χ0v) is 9.83. The van der Waals surface area contributed by atoms with Crippen molar-refractivity contribution in [3.63, 3.8) is 0 Å². The molecule has 1 amide bonds. The number of amides is 1. The molecule has 1 rings (SSSR count). The highest BCUT2D eigenvalue weighted by atomic mass is 16.6. The van der Waals surface area contributed by atoms with Gasteiger partial charge in [0.25, 0.3) is 11.6 Å². The molecule has 8 nitrogen and oxygen atoms in total. The zero-order chi connectivity index (χ0) is 14.4. The zero-order valence-electron chi connectivity index (χ0n) is 9.83. The number of hydrogen-bond acceptors (Lipinski definition) is 5. The van der Waals surface area contributed by atoms with Crippen molar-refractivity contribution in [2.24, 2.45) is 0 Å². The van der Waals surface area contributed by atoms with Crippen LogP contribution in [0.4, 0.5) is 5.69 Å². The van der Waals surface area contributed by atoms with Crippen LogP contribution in [0, 0.1) is 10.1 Å². The van der Waals surface area contributed by atoms with Crippen LogP contribution in [0.25, 0.3) is 0 Å². The topological polar surface area (TPSA) is 130 Å². The number of hydrogen-bond donors (Lipinski definition) is 3. The minimum absolute atomic E-state index is 0.102. The summed E-state index contributed by atoms with van der Waals surface area (Å²) in [4.78, 5) is 32.4. The van der Waals surface area contributed by atoms with Gasteiger partial charge in [-0.1, -0.05) is 0 Å². The Morgan fingerprint density at radius 3 is 2.42 bits per heavy atom.